The van der Waals surface area contributed by atoms with E-state index in [1.54, 1.807) is 10.5 Å². The van der Waals surface area contributed by atoms with E-state index in [1.807, 2.05) is 30.3 Å². The molecule has 0 N–H and O–H groups in total. The summed E-state index contributed by atoms with van der Waals surface area (Å²) in [5, 5.41) is 12.4. The van der Waals surface area contributed by atoms with Gasteiger partial charge in [-0.3, -0.25) is 0 Å². The number of benzene rings is 3. The van der Waals surface area contributed by atoms with Gasteiger partial charge in [0.1, 0.15) is 0 Å². The zero-order valence-corrected chi connectivity index (χ0v) is 24.1. The third-order valence-electron chi connectivity index (χ3n) is 8.88. The Balaban J connectivity index is 1.53. The van der Waals surface area contributed by atoms with Gasteiger partial charge in [-0.15, -0.1) is 0 Å². The number of hydrogen-bond acceptors (Lipinski definition) is 3. The number of Topliss-reactive ketones (excluding diaryl/α,β-unsaturated/α-hetero) is 1. The Morgan fingerprint density at radius 2 is 1.77 bits per heavy atom. The van der Waals surface area contributed by atoms with Gasteiger partial charge in [0.25, 0.3) is 0 Å². The van der Waals surface area contributed by atoms with Gasteiger partial charge in [0.2, 0.25) is 0 Å². The molecule has 2 aliphatic heterocycles. The fourth-order valence-corrected chi connectivity index (χ4v) is 11.1. The summed E-state index contributed by atoms with van der Waals surface area (Å²) in [5.74, 6) is -0.116. The first kappa shape index (κ1) is 25.4. The van der Waals surface area contributed by atoms with Gasteiger partial charge in [0.15, 0.2) is 0 Å². The molecule has 6 rings (SSSR count). The zero-order chi connectivity index (χ0) is 27.3. The molecule has 2 unspecified atom stereocenters. The van der Waals surface area contributed by atoms with Crippen molar-refractivity contribution in [1.29, 1.82) is 5.26 Å². The van der Waals surface area contributed by atoms with Crippen molar-refractivity contribution in [1.82, 2.24) is 4.90 Å². The molecule has 1 aliphatic carbocycles. The van der Waals surface area contributed by atoms with Gasteiger partial charge in [-0.2, -0.15) is 0 Å². The van der Waals surface area contributed by atoms with E-state index in [4.69, 9.17) is 6.57 Å². The summed E-state index contributed by atoms with van der Waals surface area (Å²) in [6, 6.07) is 23.0. The fraction of sp³-hybridized carbons (Fsp3) is 0.265. The summed E-state index contributed by atoms with van der Waals surface area (Å²) < 4.78 is 1.54. The Bertz CT molecular complexity index is 1690. The van der Waals surface area contributed by atoms with E-state index in [0.29, 0.717) is 48.1 Å². The Morgan fingerprint density at radius 1 is 1.05 bits per heavy atom. The molecule has 5 heteroatoms. The van der Waals surface area contributed by atoms with Crippen LogP contribution in [0.5, 0.6) is 0 Å². The molecule has 3 aromatic carbocycles. The standard InChI is InChI=1S/C34H29N3OSe/c1-5-34(6-2)28(19-18-25-29(27(20-35)36-4)23-14-10-11-15-24(23)31(25)38)37(7-3)30-26-17-16-21-12-8-9-13-22(21)32(26)39-33(30)34/h8-19,30,33H,5-7H2,1-3H3/b25-18+,28-19+,29-27-. The molecule has 4 nitrogen and oxygen atoms in total. The third-order valence-corrected chi connectivity index (χ3v) is 12.4. The SMILES string of the molecule is [C-]#[N+]\C(C#N)=C1/C(=C\C=C2\N(CC)C3c4ccc5ccccc5c4[Se]C3C2(CC)CC)C(=O)c2ccccc21. The van der Waals surface area contributed by atoms with E-state index in [1.165, 1.54) is 22.0 Å². The monoisotopic (exact) mass is 575 g/mol. The molecule has 0 bridgehead atoms. The second-order valence-corrected chi connectivity index (χ2v) is 12.7. The number of fused-ring (bicyclic) bond motifs is 6. The first-order valence-corrected chi connectivity index (χ1v) is 15.4. The Morgan fingerprint density at radius 3 is 2.46 bits per heavy atom. The van der Waals surface area contributed by atoms with Crippen molar-refractivity contribution < 1.29 is 4.79 Å². The second-order valence-electron chi connectivity index (χ2n) is 10.3. The quantitative estimate of drug-likeness (QED) is 0.146. The summed E-state index contributed by atoms with van der Waals surface area (Å²) >= 11 is 0.311. The van der Waals surface area contributed by atoms with Gasteiger partial charge >= 0.3 is 237 Å². The molecule has 39 heavy (non-hydrogen) atoms. The van der Waals surface area contributed by atoms with Crippen LogP contribution in [0.3, 0.4) is 0 Å². The molecule has 2 atom stereocenters. The number of hydrogen-bond donors (Lipinski definition) is 0. The zero-order valence-electron chi connectivity index (χ0n) is 22.4. The number of nitriles is 1. The van der Waals surface area contributed by atoms with Crippen LogP contribution in [0.15, 0.2) is 89.8 Å². The molecule has 0 amide bonds. The maximum absolute atomic E-state index is 13.5. The summed E-state index contributed by atoms with van der Waals surface area (Å²) in [7, 11) is 0. The summed E-state index contributed by atoms with van der Waals surface area (Å²) in [5.41, 5.74) is 4.84. The number of carbonyl (C=O) groups excluding carboxylic acids is 1. The molecule has 0 saturated carbocycles. The van der Waals surface area contributed by atoms with Crippen LogP contribution >= 0.6 is 0 Å². The summed E-state index contributed by atoms with van der Waals surface area (Å²) in [6.07, 6.45) is 6.08. The molecule has 0 aromatic heterocycles. The van der Waals surface area contributed by atoms with E-state index >= 15 is 0 Å². The third kappa shape index (κ3) is 3.51. The van der Waals surface area contributed by atoms with Gasteiger partial charge in [-0.25, -0.2) is 0 Å². The normalized spacial score (nSPS) is 24.0. The molecule has 3 aliphatic rings. The molecule has 3 aromatic rings. The molecule has 192 valence electrons. The predicted octanol–water partition coefficient (Wildman–Crippen LogP) is 7.02. The number of nitrogens with zero attached hydrogens (tertiary/aromatic N) is 3. The van der Waals surface area contributed by atoms with Crippen molar-refractivity contribution in [3.8, 4) is 6.07 Å². The van der Waals surface area contributed by atoms with Gasteiger partial charge in [-0.1, -0.05) is 0 Å². The second kappa shape index (κ2) is 9.69. The molecule has 2 heterocycles. The van der Waals surface area contributed by atoms with Crippen molar-refractivity contribution in [3.63, 3.8) is 0 Å². The van der Waals surface area contributed by atoms with Crippen LogP contribution in [-0.2, 0) is 0 Å². The average molecular weight is 575 g/mol. The van der Waals surface area contributed by atoms with E-state index < -0.39 is 0 Å². The summed E-state index contributed by atoms with van der Waals surface area (Å²) in [4.78, 5) is 20.1. The van der Waals surface area contributed by atoms with Crippen molar-refractivity contribution in [2.24, 2.45) is 5.41 Å². The molecule has 1 fully saturated rings. The number of rotatable bonds is 4. The Labute approximate surface area is 236 Å². The predicted molar refractivity (Wildman–Crippen MR) is 157 cm³/mol. The van der Waals surface area contributed by atoms with Crippen molar-refractivity contribution in [2.75, 3.05) is 6.54 Å². The number of ketones is 1. The van der Waals surface area contributed by atoms with Crippen LogP contribution in [0.4, 0.5) is 0 Å². The molecule has 0 spiro atoms. The van der Waals surface area contributed by atoms with Gasteiger partial charge in [0.05, 0.1) is 0 Å². The van der Waals surface area contributed by atoms with Crippen LogP contribution in [0.2, 0.25) is 4.82 Å². The van der Waals surface area contributed by atoms with Crippen LogP contribution < -0.4 is 4.46 Å². The van der Waals surface area contributed by atoms with Gasteiger partial charge in [0, 0.05) is 0 Å². The van der Waals surface area contributed by atoms with Crippen molar-refractivity contribution in [3.05, 3.63) is 118 Å². The van der Waals surface area contributed by atoms with E-state index in [0.717, 1.165) is 19.4 Å². The number of carbonyl (C=O) groups is 1. The first-order chi connectivity index (χ1) is 19.0. The number of likely N-dealkylation sites (tertiary alicyclic amines) is 1. The summed E-state index contributed by atoms with van der Waals surface area (Å²) in [6.45, 7) is 15.3. The van der Waals surface area contributed by atoms with Crippen LogP contribution in [0.1, 0.15) is 61.1 Å². The number of allylic oxidation sites excluding steroid dienone is 6. The van der Waals surface area contributed by atoms with E-state index in [-0.39, 0.29) is 16.9 Å². The molecule has 1 saturated heterocycles. The Kier molecular flexibility index (Phi) is 6.31. The minimum atomic E-state index is -0.116. The van der Waals surface area contributed by atoms with E-state index in [2.05, 4.69) is 73.0 Å². The molecular weight excluding hydrogens is 545 g/mol. The molecule has 0 radical (unpaired) electrons. The minimum absolute atomic E-state index is 0.00586. The maximum atomic E-state index is 13.5. The fourth-order valence-electron chi connectivity index (χ4n) is 6.97. The first-order valence-electron chi connectivity index (χ1n) is 13.6. The Hall–Kier alpha value is -3.89. The van der Waals surface area contributed by atoms with Crippen LogP contribution in [0, 0.1) is 23.3 Å². The van der Waals surface area contributed by atoms with E-state index in [9.17, 15) is 10.1 Å². The topological polar surface area (TPSA) is 48.5 Å². The van der Waals surface area contributed by atoms with Gasteiger partial charge in [-0.05, 0) is 0 Å². The van der Waals surface area contributed by atoms with Crippen molar-refractivity contribution >= 4 is 41.5 Å². The van der Waals surface area contributed by atoms with Gasteiger partial charge < -0.3 is 0 Å². The molecular formula is C34H29N3OSe. The average Bonchev–Trinajstić information content (AvgIpc) is 3.58. The van der Waals surface area contributed by atoms with Crippen LogP contribution in [0.25, 0.3) is 21.2 Å². The van der Waals surface area contributed by atoms with Crippen LogP contribution in [-0.4, -0.2) is 32.2 Å². The van der Waals surface area contributed by atoms with Crippen molar-refractivity contribution in [2.45, 2.75) is 44.5 Å².